The molecule has 0 radical (unpaired) electrons. The third-order valence-electron chi connectivity index (χ3n) is 2.00. The van der Waals surface area contributed by atoms with Gasteiger partial charge in [0.05, 0.1) is 12.7 Å². The highest BCUT2D eigenvalue weighted by Crippen LogP contribution is 2.39. The lowest BCUT2D eigenvalue weighted by Crippen LogP contribution is -2.11. The fourth-order valence-corrected chi connectivity index (χ4v) is 1.30. The molecule has 0 aliphatic heterocycles. The van der Waals surface area contributed by atoms with Crippen molar-refractivity contribution in [3.05, 3.63) is 17.4 Å². The van der Waals surface area contributed by atoms with Crippen molar-refractivity contribution in [2.45, 2.75) is 0 Å². The molecule has 1 aromatic carbocycles. The number of rotatable bonds is 3. The maximum absolute atomic E-state index is 13.4. The molecule has 0 amide bonds. The monoisotopic (exact) mass is 213 g/mol. The van der Waals surface area contributed by atoms with Gasteiger partial charge in [-0.05, 0) is 6.07 Å². The van der Waals surface area contributed by atoms with Gasteiger partial charge in [0.25, 0.3) is 0 Å². The predicted octanol–water partition coefficient (Wildman–Crippen LogP) is 1.42. The van der Waals surface area contributed by atoms with E-state index in [4.69, 9.17) is 4.74 Å². The second-order valence-corrected chi connectivity index (χ2v) is 3.19. The zero-order valence-corrected chi connectivity index (χ0v) is 8.74. The lowest BCUT2D eigenvalue weighted by Gasteiger charge is -2.18. The Hall–Kier alpha value is -1.78. The summed E-state index contributed by atoms with van der Waals surface area (Å²) in [6.45, 7) is 0. The number of hydrogen-bond donors (Lipinski definition) is 1. The number of carbonyl (C=O) groups excluding carboxylic acids is 1. The summed E-state index contributed by atoms with van der Waals surface area (Å²) in [5.74, 6) is -1.27. The minimum absolute atomic E-state index is 0.209. The Bertz CT molecular complexity index is 391. The average molecular weight is 213 g/mol. The highest BCUT2D eigenvalue weighted by atomic mass is 19.1. The van der Waals surface area contributed by atoms with Gasteiger partial charge in [-0.1, -0.05) is 0 Å². The number of hydrogen-bond acceptors (Lipinski definition) is 4. The first-order valence-electron chi connectivity index (χ1n) is 4.24. The second kappa shape index (κ2) is 4.16. The Morgan fingerprint density at radius 3 is 2.53 bits per heavy atom. The summed E-state index contributed by atoms with van der Waals surface area (Å²) < 4.78 is 18.3. The Morgan fingerprint density at radius 1 is 1.53 bits per heavy atom. The summed E-state index contributed by atoms with van der Waals surface area (Å²) >= 11 is 0. The second-order valence-electron chi connectivity index (χ2n) is 3.19. The van der Waals surface area contributed by atoms with E-state index in [0.29, 0.717) is 6.29 Å². The van der Waals surface area contributed by atoms with Crippen LogP contribution in [0.1, 0.15) is 10.4 Å². The number of aromatic hydroxyl groups is 1. The van der Waals surface area contributed by atoms with Crippen LogP contribution in [0.25, 0.3) is 0 Å². The largest absolute Gasteiger partial charge is 0.503 e. The number of nitrogens with zero attached hydrogens (tertiary/aromatic N) is 1. The Balaban J connectivity index is 3.51. The van der Waals surface area contributed by atoms with Crippen molar-refractivity contribution in [2.24, 2.45) is 0 Å². The van der Waals surface area contributed by atoms with E-state index in [1.807, 2.05) is 0 Å². The van der Waals surface area contributed by atoms with Crippen molar-refractivity contribution < 1.29 is 19.0 Å². The number of phenols is 1. The summed E-state index contributed by atoms with van der Waals surface area (Å²) in [6, 6.07) is 1.25. The van der Waals surface area contributed by atoms with Crippen molar-refractivity contribution in [1.82, 2.24) is 0 Å². The highest BCUT2D eigenvalue weighted by molar-refractivity contribution is 5.82. The molecule has 0 atom stereocenters. The average Bonchev–Trinajstić information content (AvgIpc) is 2.20. The summed E-state index contributed by atoms with van der Waals surface area (Å²) in [6.07, 6.45) is 0.330. The molecule has 0 saturated heterocycles. The number of phenolic OH excluding ortho intramolecular Hbond substituents is 1. The normalized spacial score (nSPS) is 9.87. The molecule has 0 fully saturated rings. The van der Waals surface area contributed by atoms with E-state index in [-0.39, 0.29) is 17.0 Å². The van der Waals surface area contributed by atoms with E-state index < -0.39 is 11.6 Å². The summed E-state index contributed by atoms with van der Waals surface area (Å²) in [4.78, 5) is 12.0. The fourth-order valence-electron chi connectivity index (χ4n) is 1.30. The molecule has 0 aliphatic rings. The van der Waals surface area contributed by atoms with Crippen molar-refractivity contribution in [1.29, 1.82) is 0 Å². The van der Waals surface area contributed by atoms with Crippen molar-refractivity contribution in [2.75, 3.05) is 26.1 Å². The molecule has 0 heterocycles. The van der Waals surface area contributed by atoms with Gasteiger partial charge in [-0.25, -0.2) is 4.39 Å². The number of methoxy groups -OCH3 is 1. The van der Waals surface area contributed by atoms with Crippen LogP contribution in [0.3, 0.4) is 0 Å². The van der Waals surface area contributed by atoms with Crippen LogP contribution in [0.5, 0.6) is 11.5 Å². The van der Waals surface area contributed by atoms with Gasteiger partial charge in [0.1, 0.15) is 11.4 Å². The van der Waals surface area contributed by atoms with Crippen LogP contribution in [0, 0.1) is 5.82 Å². The third-order valence-corrected chi connectivity index (χ3v) is 2.00. The SMILES string of the molecule is COc1cc(C=O)c(F)c(O)c1N(C)C. The van der Waals surface area contributed by atoms with Crippen LogP contribution < -0.4 is 9.64 Å². The van der Waals surface area contributed by atoms with Crippen molar-refractivity contribution in [3.63, 3.8) is 0 Å². The van der Waals surface area contributed by atoms with E-state index in [9.17, 15) is 14.3 Å². The standard InChI is InChI=1S/C10H12FNO3/c1-12(2)9-7(15-3)4-6(5-13)8(11)10(9)14/h4-5,14H,1-3H3. The third kappa shape index (κ3) is 1.86. The Morgan fingerprint density at radius 2 is 2.13 bits per heavy atom. The van der Waals surface area contributed by atoms with Gasteiger partial charge >= 0.3 is 0 Å². The topological polar surface area (TPSA) is 49.8 Å². The van der Waals surface area contributed by atoms with Crippen LogP contribution in [0.15, 0.2) is 6.07 Å². The van der Waals surface area contributed by atoms with E-state index >= 15 is 0 Å². The number of benzene rings is 1. The van der Waals surface area contributed by atoms with Crippen LogP contribution in [0.4, 0.5) is 10.1 Å². The first-order valence-corrected chi connectivity index (χ1v) is 4.24. The minimum atomic E-state index is -0.936. The van der Waals surface area contributed by atoms with Gasteiger partial charge in [0.2, 0.25) is 0 Å². The van der Waals surface area contributed by atoms with Crippen molar-refractivity contribution >= 4 is 12.0 Å². The smallest absolute Gasteiger partial charge is 0.179 e. The number of halogens is 1. The van der Waals surface area contributed by atoms with Crippen molar-refractivity contribution in [3.8, 4) is 11.5 Å². The molecule has 0 aliphatic carbocycles. The molecule has 5 heteroatoms. The fraction of sp³-hybridized carbons (Fsp3) is 0.300. The predicted molar refractivity (Wildman–Crippen MR) is 54.3 cm³/mol. The molecule has 0 unspecified atom stereocenters. The molecule has 1 N–H and O–H groups in total. The van der Waals surface area contributed by atoms with Crippen LogP contribution >= 0.6 is 0 Å². The number of carbonyl (C=O) groups is 1. The maximum Gasteiger partial charge on any atom is 0.179 e. The molecule has 1 aromatic rings. The van der Waals surface area contributed by atoms with E-state index in [0.717, 1.165) is 0 Å². The van der Waals surface area contributed by atoms with Gasteiger partial charge < -0.3 is 14.7 Å². The van der Waals surface area contributed by atoms with E-state index in [2.05, 4.69) is 0 Å². The molecule has 0 aromatic heterocycles. The van der Waals surface area contributed by atoms with E-state index in [1.54, 1.807) is 14.1 Å². The summed E-state index contributed by atoms with van der Waals surface area (Å²) in [7, 11) is 4.66. The number of anilines is 1. The molecule has 0 bridgehead atoms. The maximum atomic E-state index is 13.4. The lowest BCUT2D eigenvalue weighted by molar-refractivity contribution is 0.111. The quantitative estimate of drug-likeness (QED) is 0.771. The number of ether oxygens (including phenoxy) is 1. The van der Waals surface area contributed by atoms with Gasteiger partial charge in [0, 0.05) is 14.1 Å². The Kier molecular flexibility index (Phi) is 3.14. The molecular weight excluding hydrogens is 201 g/mol. The molecule has 82 valence electrons. The molecule has 4 nitrogen and oxygen atoms in total. The minimum Gasteiger partial charge on any atom is -0.503 e. The van der Waals surface area contributed by atoms with Gasteiger partial charge in [-0.15, -0.1) is 0 Å². The Labute approximate surface area is 86.9 Å². The number of aldehydes is 1. The van der Waals surface area contributed by atoms with Gasteiger partial charge in [0.15, 0.2) is 17.9 Å². The molecule has 1 rings (SSSR count). The molecule has 15 heavy (non-hydrogen) atoms. The first kappa shape index (κ1) is 11.3. The van der Waals surface area contributed by atoms with Crippen LogP contribution in [-0.2, 0) is 0 Å². The molecule has 0 spiro atoms. The van der Waals surface area contributed by atoms with Crippen LogP contribution in [-0.4, -0.2) is 32.6 Å². The molecular formula is C10H12FNO3. The zero-order valence-electron chi connectivity index (χ0n) is 8.74. The zero-order chi connectivity index (χ0) is 11.6. The van der Waals surface area contributed by atoms with Gasteiger partial charge in [-0.3, -0.25) is 4.79 Å². The summed E-state index contributed by atoms with van der Waals surface area (Å²) in [5.41, 5.74) is -0.0180. The van der Waals surface area contributed by atoms with Gasteiger partial charge in [-0.2, -0.15) is 0 Å². The summed E-state index contributed by atoms with van der Waals surface area (Å²) in [5, 5.41) is 9.54. The first-order chi connectivity index (χ1) is 7.02. The lowest BCUT2D eigenvalue weighted by atomic mass is 10.1. The van der Waals surface area contributed by atoms with E-state index in [1.165, 1.54) is 18.1 Å². The molecule has 0 saturated carbocycles. The van der Waals surface area contributed by atoms with Crippen LogP contribution in [0.2, 0.25) is 0 Å². The highest BCUT2D eigenvalue weighted by Gasteiger charge is 2.19.